The van der Waals surface area contributed by atoms with Gasteiger partial charge in [0.05, 0.1) is 32.4 Å². The third-order valence-corrected chi connectivity index (χ3v) is 5.86. The molecule has 0 atom stereocenters. The van der Waals surface area contributed by atoms with Gasteiger partial charge in [0.15, 0.2) is 11.5 Å². The summed E-state index contributed by atoms with van der Waals surface area (Å²) in [5.74, 6) is 3.27. The van der Waals surface area contributed by atoms with Gasteiger partial charge in [-0.15, -0.1) is 0 Å². The monoisotopic (exact) mass is 449 g/mol. The molecule has 0 aliphatic heterocycles. The lowest BCUT2D eigenvalue weighted by Crippen LogP contribution is -2.19. The van der Waals surface area contributed by atoms with Gasteiger partial charge in [-0.25, -0.2) is 4.98 Å². The topological polar surface area (TPSA) is 70.8 Å². The average Bonchev–Trinajstić information content (AvgIpc) is 3.25. The number of ketones is 1. The fourth-order valence-corrected chi connectivity index (χ4v) is 3.79. The maximum atomic E-state index is 12.7. The van der Waals surface area contributed by atoms with Crippen molar-refractivity contribution >= 4 is 5.78 Å². The fraction of sp³-hybridized carbons (Fsp3) is 0.407. The van der Waals surface area contributed by atoms with Crippen LogP contribution in [-0.4, -0.2) is 31.1 Å². The van der Waals surface area contributed by atoms with E-state index in [0.29, 0.717) is 48.6 Å². The van der Waals surface area contributed by atoms with Gasteiger partial charge < -0.3 is 18.6 Å². The molecule has 1 aromatic heterocycles. The molecule has 0 N–H and O–H groups in total. The summed E-state index contributed by atoms with van der Waals surface area (Å²) in [7, 11) is 1.63. The Labute approximate surface area is 194 Å². The first-order valence-electron chi connectivity index (χ1n) is 11.6. The fourth-order valence-electron chi connectivity index (χ4n) is 3.79. The van der Waals surface area contributed by atoms with Crippen LogP contribution < -0.4 is 14.2 Å². The summed E-state index contributed by atoms with van der Waals surface area (Å²) in [5.41, 5.74) is 2.29. The number of benzene rings is 2. The number of rotatable bonds is 12. The van der Waals surface area contributed by atoms with Gasteiger partial charge in [-0.05, 0) is 49.4 Å². The van der Waals surface area contributed by atoms with E-state index in [-0.39, 0.29) is 12.2 Å². The van der Waals surface area contributed by atoms with Crippen LogP contribution in [0.15, 0.2) is 53.1 Å². The zero-order valence-electron chi connectivity index (χ0n) is 19.3. The first-order valence-corrected chi connectivity index (χ1v) is 11.6. The van der Waals surface area contributed by atoms with E-state index in [1.807, 2.05) is 42.5 Å². The van der Waals surface area contributed by atoms with E-state index < -0.39 is 0 Å². The van der Waals surface area contributed by atoms with Gasteiger partial charge in [0, 0.05) is 17.5 Å². The van der Waals surface area contributed by atoms with Crippen molar-refractivity contribution in [1.82, 2.24) is 4.98 Å². The lowest BCUT2D eigenvalue weighted by Gasteiger charge is -2.25. The van der Waals surface area contributed by atoms with E-state index in [1.54, 1.807) is 13.4 Å². The summed E-state index contributed by atoms with van der Waals surface area (Å²) >= 11 is 0. The summed E-state index contributed by atoms with van der Waals surface area (Å²) in [6, 6.07) is 13.3. The van der Waals surface area contributed by atoms with Crippen molar-refractivity contribution in [1.29, 1.82) is 0 Å². The smallest absolute Gasteiger partial charge is 0.226 e. The maximum Gasteiger partial charge on any atom is 0.226 e. The van der Waals surface area contributed by atoms with Crippen LogP contribution in [0.5, 0.6) is 17.2 Å². The zero-order valence-corrected chi connectivity index (χ0v) is 19.3. The van der Waals surface area contributed by atoms with E-state index in [2.05, 4.69) is 11.9 Å². The van der Waals surface area contributed by atoms with Gasteiger partial charge in [0.1, 0.15) is 17.8 Å². The summed E-state index contributed by atoms with van der Waals surface area (Å²) < 4.78 is 22.9. The number of methoxy groups -OCH3 is 1. The van der Waals surface area contributed by atoms with Crippen LogP contribution in [0.3, 0.4) is 0 Å². The van der Waals surface area contributed by atoms with Gasteiger partial charge in [0.25, 0.3) is 0 Å². The average molecular weight is 450 g/mol. The number of hydrogen-bond acceptors (Lipinski definition) is 6. The Bertz CT molecular complexity index is 1070. The number of Topliss-reactive ketones (excluding diaryl/α,β-unsaturated/α-hetero) is 1. The lowest BCUT2D eigenvalue weighted by atomic mass is 9.86. The number of hydrogen-bond donors (Lipinski definition) is 0. The zero-order chi connectivity index (χ0) is 23.0. The summed E-state index contributed by atoms with van der Waals surface area (Å²) in [6.45, 7) is 3.38. The molecule has 1 aliphatic carbocycles. The Balaban J connectivity index is 1.41. The highest BCUT2D eigenvalue weighted by molar-refractivity contribution is 5.83. The Kier molecular flexibility index (Phi) is 7.66. The number of nitrogens with zero attached hydrogens (tertiary/aromatic N) is 1. The van der Waals surface area contributed by atoms with Crippen LogP contribution in [0.2, 0.25) is 0 Å². The van der Waals surface area contributed by atoms with Crippen molar-refractivity contribution in [3.8, 4) is 28.7 Å². The highest BCUT2D eigenvalue weighted by atomic mass is 16.5. The Morgan fingerprint density at radius 2 is 1.91 bits per heavy atom. The molecule has 3 aromatic rings. The van der Waals surface area contributed by atoms with Gasteiger partial charge >= 0.3 is 0 Å². The highest BCUT2D eigenvalue weighted by Gasteiger charge is 2.20. The molecule has 0 unspecified atom stereocenters. The van der Waals surface area contributed by atoms with E-state index in [0.717, 1.165) is 23.3 Å². The predicted molar refractivity (Wildman–Crippen MR) is 126 cm³/mol. The second kappa shape index (κ2) is 11.0. The van der Waals surface area contributed by atoms with Crippen molar-refractivity contribution in [2.24, 2.45) is 5.92 Å². The van der Waals surface area contributed by atoms with E-state index in [1.165, 1.54) is 19.3 Å². The molecular weight excluding hydrogens is 418 g/mol. The lowest BCUT2D eigenvalue weighted by molar-refractivity contribution is -0.117. The molecule has 0 amide bonds. The summed E-state index contributed by atoms with van der Waals surface area (Å²) in [4.78, 5) is 17.2. The molecule has 1 heterocycles. The number of para-hydroxylation sites is 1. The minimum atomic E-state index is 0.0571. The number of carbonyl (C=O) groups is 1. The van der Waals surface area contributed by atoms with Gasteiger partial charge in [0.2, 0.25) is 5.89 Å². The van der Waals surface area contributed by atoms with E-state index >= 15 is 0 Å². The van der Waals surface area contributed by atoms with E-state index in [4.69, 9.17) is 18.6 Å². The third-order valence-electron chi connectivity index (χ3n) is 5.86. The Hall–Kier alpha value is -3.28. The molecule has 0 spiro atoms. The second-order valence-electron chi connectivity index (χ2n) is 8.47. The van der Waals surface area contributed by atoms with Crippen LogP contribution in [0, 0.1) is 5.92 Å². The first kappa shape index (κ1) is 22.9. The number of aromatic nitrogens is 1. The van der Waals surface area contributed by atoms with Gasteiger partial charge in [-0.1, -0.05) is 31.5 Å². The molecule has 1 saturated carbocycles. The van der Waals surface area contributed by atoms with Crippen molar-refractivity contribution in [3.63, 3.8) is 0 Å². The number of oxazole rings is 1. The predicted octanol–water partition coefficient (Wildman–Crippen LogP) is 5.67. The van der Waals surface area contributed by atoms with Crippen molar-refractivity contribution in [2.45, 2.75) is 45.4 Å². The molecule has 33 heavy (non-hydrogen) atoms. The van der Waals surface area contributed by atoms with Crippen LogP contribution >= 0.6 is 0 Å². The maximum absolute atomic E-state index is 12.7. The molecule has 4 rings (SSSR count). The summed E-state index contributed by atoms with van der Waals surface area (Å²) in [6.07, 6.45) is 6.67. The molecule has 0 bridgehead atoms. The molecule has 0 radical (unpaired) electrons. The molecule has 6 heteroatoms. The first-order chi connectivity index (χ1) is 16.2. The largest absolute Gasteiger partial charge is 0.493 e. The van der Waals surface area contributed by atoms with Crippen LogP contribution in [0.4, 0.5) is 0 Å². The Morgan fingerprint density at radius 3 is 2.67 bits per heavy atom. The third kappa shape index (κ3) is 5.95. The van der Waals surface area contributed by atoms with E-state index in [9.17, 15) is 4.79 Å². The second-order valence-corrected chi connectivity index (χ2v) is 8.47. The number of carbonyl (C=O) groups excluding carboxylic acids is 1. The Morgan fingerprint density at radius 1 is 1.06 bits per heavy atom. The van der Waals surface area contributed by atoms with Crippen LogP contribution in [0.1, 0.15) is 43.9 Å². The molecular formula is C27H31NO5. The molecule has 1 fully saturated rings. The normalized spacial score (nSPS) is 13.4. The standard InChI is InChI=1S/C27H31NO5/c1-3-13-31-24-10-5-4-9-20(24)14-23(29)16-22-18-33-27(28-22)21-11-12-25(30-2)26(15-21)32-17-19-7-6-8-19/h4-5,9-12,15,18-19H,3,6-8,13-14,16-17H2,1-2H3. The molecule has 0 saturated heterocycles. The molecule has 1 aliphatic rings. The van der Waals surface area contributed by atoms with Crippen LogP contribution in [0.25, 0.3) is 11.5 Å². The highest BCUT2D eigenvalue weighted by Crippen LogP contribution is 2.34. The quantitative estimate of drug-likeness (QED) is 0.355. The van der Waals surface area contributed by atoms with Gasteiger partial charge in [-0.2, -0.15) is 0 Å². The van der Waals surface area contributed by atoms with Crippen molar-refractivity contribution in [3.05, 3.63) is 60.0 Å². The molecule has 174 valence electrons. The molecule has 6 nitrogen and oxygen atoms in total. The van der Waals surface area contributed by atoms with Crippen LogP contribution in [-0.2, 0) is 17.6 Å². The minimum absolute atomic E-state index is 0.0571. The summed E-state index contributed by atoms with van der Waals surface area (Å²) in [5, 5.41) is 0. The van der Waals surface area contributed by atoms with Crippen molar-refractivity contribution in [2.75, 3.05) is 20.3 Å². The molecule has 2 aromatic carbocycles. The van der Waals surface area contributed by atoms with Gasteiger partial charge in [-0.3, -0.25) is 4.79 Å². The SMILES string of the molecule is CCCOc1ccccc1CC(=O)Cc1coc(-c2ccc(OC)c(OCC3CCC3)c2)n1. The minimum Gasteiger partial charge on any atom is -0.493 e. The number of ether oxygens (including phenoxy) is 3. The van der Waals surface area contributed by atoms with Crippen molar-refractivity contribution < 1.29 is 23.4 Å².